The van der Waals surface area contributed by atoms with E-state index in [2.05, 4.69) is 13.2 Å². The summed E-state index contributed by atoms with van der Waals surface area (Å²) in [7, 11) is 0. The minimum Gasteiger partial charge on any atom is -0.441 e. The standard InChI is InChI=1S/C15H18N2O4/c1-3-11(20-14(16)18)13(10-8-6-5-7-9-10)12(4-2)21-15(17)19/h3-9,11-13H,1-2H2,(H2,16,18)(H2,17,19). The summed E-state index contributed by atoms with van der Waals surface area (Å²) < 4.78 is 10.0. The van der Waals surface area contributed by atoms with Crippen molar-refractivity contribution in [2.75, 3.05) is 0 Å². The summed E-state index contributed by atoms with van der Waals surface area (Å²) in [6.07, 6.45) is -0.697. The molecule has 1 aromatic rings. The summed E-state index contributed by atoms with van der Waals surface area (Å²) >= 11 is 0. The van der Waals surface area contributed by atoms with Gasteiger partial charge in [-0.2, -0.15) is 0 Å². The van der Waals surface area contributed by atoms with E-state index in [-0.39, 0.29) is 0 Å². The third-order valence-electron chi connectivity index (χ3n) is 2.86. The average Bonchev–Trinajstić information content (AvgIpc) is 2.45. The molecule has 21 heavy (non-hydrogen) atoms. The number of hydrogen-bond acceptors (Lipinski definition) is 4. The SMILES string of the molecule is C=CC(OC(N)=O)C(c1ccccc1)C(C=C)OC(N)=O. The lowest BCUT2D eigenvalue weighted by Gasteiger charge is -2.29. The maximum Gasteiger partial charge on any atom is 0.405 e. The van der Waals surface area contributed by atoms with Gasteiger partial charge in [-0.1, -0.05) is 55.6 Å². The molecule has 0 aliphatic rings. The molecule has 2 unspecified atom stereocenters. The van der Waals surface area contributed by atoms with Crippen LogP contribution in [0.15, 0.2) is 55.6 Å². The molecule has 0 aliphatic carbocycles. The second kappa shape index (κ2) is 7.74. The lowest BCUT2D eigenvalue weighted by atomic mass is 9.88. The molecule has 0 saturated heterocycles. The quantitative estimate of drug-likeness (QED) is 0.750. The zero-order valence-corrected chi connectivity index (χ0v) is 11.5. The first kappa shape index (κ1) is 16.3. The number of benzene rings is 1. The minimum atomic E-state index is -0.956. The van der Waals surface area contributed by atoms with Crippen LogP contribution in [0.3, 0.4) is 0 Å². The Bertz CT molecular complexity index is 488. The Morgan fingerprint density at radius 2 is 1.38 bits per heavy atom. The van der Waals surface area contributed by atoms with Gasteiger partial charge in [-0.25, -0.2) is 9.59 Å². The van der Waals surface area contributed by atoms with Crippen LogP contribution < -0.4 is 11.5 Å². The summed E-state index contributed by atoms with van der Waals surface area (Å²) in [5.74, 6) is -0.554. The van der Waals surface area contributed by atoms with Crippen LogP contribution in [0.25, 0.3) is 0 Å². The molecule has 2 atom stereocenters. The molecule has 4 N–H and O–H groups in total. The maximum atomic E-state index is 11.0. The number of carbonyl (C=O) groups excluding carboxylic acids is 2. The highest BCUT2D eigenvalue weighted by molar-refractivity contribution is 5.66. The van der Waals surface area contributed by atoms with Gasteiger partial charge in [0.2, 0.25) is 0 Å². The van der Waals surface area contributed by atoms with Gasteiger partial charge >= 0.3 is 12.2 Å². The molecule has 0 radical (unpaired) electrons. The van der Waals surface area contributed by atoms with Gasteiger partial charge in [0.15, 0.2) is 0 Å². The fourth-order valence-electron chi connectivity index (χ4n) is 2.05. The number of ether oxygens (including phenoxy) is 2. The van der Waals surface area contributed by atoms with Crippen LogP contribution in [0.1, 0.15) is 11.5 Å². The predicted molar refractivity (Wildman–Crippen MR) is 78.5 cm³/mol. The molecule has 0 aliphatic heterocycles. The molecular formula is C15H18N2O4. The van der Waals surface area contributed by atoms with Gasteiger partial charge in [0.1, 0.15) is 12.2 Å². The molecule has 0 aromatic heterocycles. The molecule has 0 fully saturated rings. The summed E-state index contributed by atoms with van der Waals surface area (Å²) in [5.41, 5.74) is 10.9. The van der Waals surface area contributed by atoms with Gasteiger partial charge in [-0.05, 0) is 5.56 Å². The molecule has 0 heterocycles. The summed E-state index contributed by atoms with van der Waals surface area (Å²) in [4.78, 5) is 22.1. The number of nitrogens with two attached hydrogens (primary N) is 2. The molecule has 0 bridgehead atoms. The van der Waals surface area contributed by atoms with E-state index in [1.165, 1.54) is 12.2 Å². The highest BCUT2D eigenvalue weighted by atomic mass is 16.6. The zero-order valence-electron chi connectivity index (χ0n) is 11.5. The van der Waals surface area contributed by atoms with Crippen molar-refractivity contribution in [2.45, 2.75) is 18.1 Å². The van der Waals surface area contributed by atoms with E-state index in [0.717, 1.165) is 5.56 Å². The Morgan fingerprint density at radius 1 is 0.952 bits per heavy atom. The number of hydrogen-bond donors (Lipinski definition) is 2. The number of rotatable bonds is 7. The smallest absolute Gasteiger partial charge is 0.405 e. The first-order chi connectivity index (χ1) is 9.99. The van der Waals surface area contributed by atoms with Crippen LogP contribution in [0, 0.1) is 0 Å². The van der Waals surface area contributed by atoms with Crippen molar-refractivity contribution < 1.29 is 19.1 Å². The van der Waals surface area contributed by atoms with Crippen molar-refractivity contribution in [3.8, 4) is 0 Å². The number of carbonyl (C=O) groups is 2. The van der Waals surface area contributed by atoms with E-state index < -0.39 is 30.3 Å². The Balaban J connectivity index is 3.20. The van der Waals surface area contributed by atoms with Crippen molar-refractivity contribution in [2.24, 2.45) is 11.5 Å². The van der Waals surface area contributed by atoms with E-state index in [1.807, 2.05) is 6.07 Å². The van der Waals surface area contributed by atoms with Crippen LogP contribution in [0.2, 0.25) is 0 Å². The van der Waals surface area contributed by atoms with E-state index in [0.29, 0.717) is 0 Å². The first-order valence-electron chi connectivity index (χ1n) is 6.21. The highest BCUT2D eigenvalue weighted by Gasteiger charge is 2.32. The predicted octanol–water partition coefficient (Wildman–Crippen LogP) is 2.07. The third-order valence-corrected chi connectivity index (χ3v) is 2.86. The molecule has 0 saturated carbocycles. The van der Waals surface area contributed by atoms with Gasteiger partial charge in [0.05, 0.1) is 5.92 Å². The molecule has 6 heteroatoms. The summed E-state index contributed by atoms with van der Waals surface area (Å²) in [5, 5.41) is 0. The van der Waals surface area contributed by atoms with Crippen LogP contribution in [0.5, 0.6) is 0 Å². The van der Waals surface area contributed by atoms with E-state index in [9.17, 15) is 9.59 Å². The molecule has 1 rings (SSSR count). The van der Waals surface area contributed by atoms with Crippen molar-refractivity contribution in [3.63, 3.8) is 0 Å². The van der Waals surface area contributed by atoms with Crippen molar-refractivity contribution in [1.82, 2.24) is 0 Å². The van der Waals surface area contributed by atoms with Gasteiger partial charge in [-0.15, -0.1) is 0 Å². The molecule has 1 aromatic carbocycles. The Labute approximate surface area is 123 Å². The molecular weight excluding hydrogens is 272 g/mol. The molecule has 112 valence electrons. The van der Waals surface area contributed by atoms with Crippen molar-refractivity contribution >= 4 is 12.2 Å². The third kappa shape index (κ3) is 4.68. The minimum absolute atomic E-state index is 0.554. The van der Waals surface area contributed by atoms with Crippen LogP contribution in [-0.4, -0.2) is 24.4 Å². The van der Waals surface area contributed by atoms with E-state index in [4.69, 9.17) is 20.9 Å². The van der Waals surface area contributed by atoms with Crippen LogP contribution >= 0.6 is 0 Å². The topological polar surface area (TPSA) is 105 Å². The molecule has 0 spiro atoms. The Kier molecular flexibility index (Phi) is 6.00. The molecule has 2 amide bonds. The fraction of sp³-hybridized carbons (Fsp3) is 0.200. The fourth-order valence-corrected chi connectivity index (χ4v) is 2.05. The number of amides is 2. The summed E-state index contributed by atoms with van der Waals surface area (Å²) in [6, 6.07) is 9.03. The second-order valence-electron chi connectivity index (χ2n) is 4.21. The normalized spacial score (nSPS) is 14.3. The van der Waals surface area contributed by atoms with Gasteiger partial charge < -0.3 is 20.9 Å². The van der Waals surface area contributed by atoms with Gasteiger partial charge in [0.25, 0.3) is 0 Å². The second-order valence-corrected chi connectivity index (χ2v) is 4.21. The largest absolute Gasteiger partial charge is 0.441 e. The first-order valence-corrected chi connectivity index (χ1v) is 6.21. The Morgan fingerprint density at radius 3 is 1.71 bits per heavy atom. The Hall–Kier alpha value is -2.76. The van der Waals surface area contributed by atoms with Crippen LogP contribution in [0.4, 0.5) is 9.59 Å². The molecule has 6 nitrogen and oxygen atoms in total. The van der Waals surface area contributed by atoms with Crippen molar-refractivity contribution in [1.29, 1.82) is 0 Å². The van der Waals surface area contributed by atoms with Gasteiger partial charge in [-0.3, -0.25) is 0 Å². The lowest BCUT2D eigenvalue weighted by molar-refractivity contribution is 0.0627. The highest BCUT2D eigenvalue weighted by Crippen LogP contribution is 2.29. The van der Waals surface area contributed by atoms with Gasteiger partial charge in [0, 0.05) is 0 Å². The lowest BCUT2D eigenvalue weighted by Crippen LogP contribution is -2.36. The summed E-state index contributed by atoms with van der Waals surface area (Å²) in [6.45, 7) is 7.24. The zero-order chi connectivity index (χ0) is 15.8. The monoisotopic (exact) mass is 290 g/mol. The number of primary amides is 2. The van der Waals surface area contributed by atoms with Crippen molar-refractivity contribution in [3.05, 3.63) is 61.2 Å². The van der Waals surface area contributed by atoms with Crippen LogP contribution in [-0.2, 0) is 9.47 Å². The van der Waals surface area contributed by atoms with E-state index in [1.54, 1.807) is 24.3 Å². The average molecular weight is 290 g/mol. The van der Waals surface area contributed by atoms with E-state index >= 15 is 0 Å². The maximum absolute atomic E-state index is 11.0.